The topological polar surface area (TPSA) is 38.5 Å². The van der Waals surface area contributed by atoms with Crippen molar-refractivity contribution in [3.8, 4) is 0 Å². The Morgan fingerprint density at radius 3 is 2.68 bits per heavy atom. The summed E-state index contributed by atoms with van der Waals surface area (Å²) in [5.41, 5.74) is 5.51. The molecule has 2 rings (SSSR count). The Kier molecular flexibility index (Phi) is 4.01. The normalized spacial score (nSPS) is 23.5. The maximum Gasteiger partial charge on any atom is 0.182 e. The molecule has 1 fully saturated rings. The first-order valence-corrected chi connectivity index (χ1v) is 6.48. The smallest absolute Gasteiger partial charge is 0.182 e. The molecule has 2 unspecified atom stereocenters. The molecule has 2 atom stereocenters. The molecule has 0 amide bonds. The van der Waals surface area contributed by atoms with Crippen molar-refractivity contribution in [1.29, 1.82) is 0 Å². The van der Waals surface area contributed by atoms with Crippen LogP contribution >= 0.6 is 12.2 Å². The first-order valence-electron chi connectivity index (χ1n) is 6.08. The fraction of sp³-hybridized carbons (Fsp3) is 0.462. The zero-order valence-electron chi connectivity index (χ0n) is 10.8. The molecular weight excluding hydrogens is 270 g/mol. The highest BCUT2D eigenvalue weighted by molar-refractivity contribution is 7.80. The van der Waals surface area contributed by atoms with Crippen LogP contribution in [-0.2, 0) is 4.74 Å². The molecule has 104 valence electrons. The van der Waals surface area contributed by atoms with Crippen molar-refractivity contribution >= 4 is 22.9 Å². The highest BCUT2D eigenvalue weighted by atomic mass is 32.1. The van der Waals surface area contributed by atoms with E-state index in [1.54, 1.807) is 4.90 Å². The number of halogens is 2. The van der Waals surface area contributed by atoms with Gasteiger partial charge in [-0.25, -0.2) is 8.78 Å². The van der Waals surface area contributed by atoms with Gasteiger partial charge in [-0.3, -0.25) is 0 Å². The predicted molar refractivity (Wildman–Crippen MR) is 74.5 cm³/mol. The molecule has 1 heterocycles. The standard InChI is InChI=1S/C13H16F2N2OS/c1-7-6-18-8(2)5-17(7)10-4-3-9(13(16)19)11(14)12(10)15/h3-4,7-8H,5-6H2,1-2H3,(H2,16,19). The largest absolute Gasteiger partial charge is 0.389 e. The molecule has 6 heteroatoms. The summed E-state index contributed by atoms with van der Waals surface area (Å²) in [6.07, 6.45) is -0.0195. The van der Waals surface area contributed by atoms with Crippen molar-refractivity contribution in [2.24, 2.45) is 5.73 Å². The van der Waals surface area contributed by atoms with Crippen LogP contribution in [0.2, 0.25) is 0 Å². The zero-order valence-corrected chi connectivity index (χ0v) is 11.6. The fourth-order valence-electron chi connectivity index (χ4n) is 2.19. The average molecular weight is 286 g/mol. The maximum atomic E-state index is 14.1. The zero-order chi connectivity index (χ0) is 14.2. The van der Waals surface area contributed by atoms with Gasteiger partial charge < -0.3 is 15.4 Å². The number of rotatable bonds is 2. The Bertz CT molecular complexity index is 510. The average Bonchev–Trinajstić information content (AvgIpc) is 2.35. The van der Waals surface area contributed by atoms with Crippen LogP contribution in [0.5, 0.6) is 0 Å². The third-order valence-corrected chi connectivity index (χ3v) is 3.46. The number of benzene rings is 1. The lowest BCUT2D eigenvalue weighted by Crippen LogP contribution is -2.47. The molecule has 1 aliphatic rings. The molecule has 1 aromatic rings. The van der Waals surface area contributed by atoms with Gasteiger partial charge >= 0.3 is 0 Å². The maximum absolute atomic E-state index is 14.1. The van der Waals surface area contributed by atoms with Crippen molar-refractivity contribution < 1.29 is 13.5 Å². The lowest BCUT2D eigenvalue weighted by molar-refractivity contribution is 0.0340. The highest BCUT2D eigenvalue weighted by Gasteiger charge is 2.27. The van der Waals surface area contributed by atoms with Crippen molar-refractivity contribution in [2.45, 2.75) is 26.0 Å². The summed E-state index contributed by atoms with van der Waals surface area (Å²) in [6.45, 7) is 4.81. The Balaban J connectivity index is 2.40. The van der Waals surface area contributed by atoms with Crippen LogP contribution in [0, 0.1) is 11.6 Å². The molecule has 1 aromatic carbocycles. The van der Waals surface area contributed by atoms with Crippen molar-refractivity contribution in [3.63, 3.8) is 0 Å². The molecule has 19 heavy (non-hydrogen) atoms. The number of ether oxygens (including phenoxy) is 1. The Labute approximate surface area is 116 Å². The van der Waals surface area contributed by atoms with Crippen LogP contribution in [0.4, 0.5) is 14.5 Å². The lowest BCUT2D eigenvalue weighted by Gasteiger charge is -2.38. The van der Waals surface area contributed by atoms with Gasteiger partial charge in [0.1, 0.15) is 4.99 Å². The third kappa shape index (κ3) is 2.69. The summed E-state index contributed by atoms with van der Waals surface area (Å²) < 4.78 is 33.5. The van der Waals surface area contributed by atoms with Gasteiger partial charge in [-0.15, -0.1) is 0 Å². The minimum atomic E-state index is -0.989. The first kappa shape index (κ1) is 14.1. The minimum Gasteiger partial charge on any atom is -0.389 e. The van der Waals surface area contributed by atoms with Crippen LogP contribution in [0.3, 0.4) is 0 Å². The van der Waals surface area contributed by atoms with E-state index in [2.05, 4.69) is 12.2 Å². The fourth-order valence-corrected chi connectivity index (χ4v) is 2.35. The van der Waals surface area contributed by atoms with Crippen molar-refractivity contribution in [3.05, 3.63) is 29.3 Å². The van der Waals surface area contributed by atoms with E-state index in [0.717, 1.165) is 0 Å². The van der Waals surface area contributed by atoms with Crippen molar-refractivity contribution in [2.75, 3.05) is 18.1 Å². The molecule has 0 aliphatic carbocycles. The predicted octanol–water partition coefficient (Wildman–Crippen LogP) is 2.21. The number of morpholine rings is 1. The summed E-state index contributed by atoms with van der Waals surface area (Å²) >= 11 is 4.69. The number of hydrogen-bond acceptors (Lipinski definition) is 3. The Morgan fingerprint density at radius 1 is 1.37 bits per heavy atom. The minimum absolute atomic E-state index is 0.0132. The second kappa shape index (κ2) is 5.38. The van der Waals surface area contributed by atoms with E-state index in [-0.39, 0.29) is 28.4 Å². The number of hydrogen-bond donors (Lipinski definition) is 1. The summed E-state index contributed by atoms with van der Waals surface area (Å²) in [5, 5.41) is 0. The van der Waals surface area contributed by atoms with Crippen molar-refractivity contribution in [1.82, 2.24) is 0 Å². The van der Waals surface area contributed by atoms with E-state index in [1.807, 2.05) is 13.8 Å². The van der Waals surface area contributed by atoms with E-state index in [1.165, 1.54) is 12.1 Å². The van der Waals surface area contributed by atoms with Crippen LogP contribution in [0.25, 0.3) is 0 Å². The molecule has 2 N–H and O–H groups in total. The van der Waals surface area contributed by atoms with E-state index in [0.29, 0.717) is 13.2 Å². The number of anilines is 1. The number of nitrogens with two attached hydrogens (primary N) is 1. The first-order chi connectivity index (χ1) is 8.91. The molecule has 1 saturated heterocycles. The van der Waals surface area contributed by atoms with Gasteiger partial charge in [0.25, 0.3) is 0 Å². The highest BCUT2D eigenvalue weighted by Crippen LogP contribution is 2.28. The monoisotopic (exact) mass is 286 g/mol. The number of thiocarbonyl (C=S) groups is 1. The molecule has 0 saturated carbocycles. The van der Waals surface area contributed by atoms with Crippen LogP contribution in [-0.4, -0.2) is 30.3 Å². The van der Waals surface area contributed by atoms with Gasteiger partial charge in [0.15, 0.2) is 11.6 Å². The second-order valence-corrected chi connectivity index (χ2v) is 5.21. The van der Waals surface area contributed by atoms with Gasteiger partial charge in [-0.05, 0) is 26.0 Å². The van der Waals surface area contributed by atoms with E-state index >= 15 is 0 Å². The molecular formula is C13H16F2N2OS. The molecule has 0 spiro atoms. The molecule has 0 radical (unpaired) electrons. The van der Waals surface area contributed by atoms with Crippen LogP contribution in [0.1, 0.15) is 19.4 Å². The van der Waals surface area contributed by atoms with Gasteiger partial charge in [-0.1, -0.05) is 12.2 Å². The Hall–Kier alpha value is -1.27. The molecule has 3 nitrogen and oxygen atoms in total. The van der Waals surface area contributed by atoms with Crippen LogP contribution < -0.4 is 10.6 Å². The van der Waals surface area contributed by atoms with E-state index in [4.69, 9.17) is 10.5 Å². The van der Waals surface area contributed by atoms with E-state index < -0.39 is 11.6 Å². The second-order valence-electron chi connectivity index (χ2n) is 4.77. The Morgan fingerprint density at radius 2 is 2.05 bits per heavy atom. The summed E-state index contributed by atoms with van der Waals surface area (Å²) in [6, 6.07) is 2.92. The van der Waals surface area contributed by atoms with Gasteiger partial charge in [0, 0.05) is 18.2 Å². The summed E-state index contributed by atoms with van der Waals surface area (Å²) in [4.78, 5) is 1.65. The summed E-state index contributed by atoms with van der Waals surface area (Å²) in [5.74, 6) is -1.90. The SMILES string of the molecule is CC1CN(c2ccc(C(N)=S)c(F)c2F)C(C)CO1. The quantitative estimate of drug-likeness (QED) is 0.846. The van der Waals surface area contributed by atoms with Crippen LogP contribution in [0.15, 0.2) is 12.1 Å². The molecule has 0 aromatic heterocycles. The van der Waals surface area contributed by atoms with Gasteiger partial charge in [0.05, 0.1) is 18.4 Å². The van der Waals surface area contributed by atoms with Gasteiger partial charge in [0.2, 0.25) is 0 Å². The van der Waals surface area contributed by atoms with E-state index in [9.17, 15) is 8.78 Å². The summed E-state index contributed by atoms with van der Waals surface area (Å²) in [7, 11) is 0. The third-order valence-electron chi connectivity index (χ3n) is 3.24. The van der Waals surface area contributed by atoms with Gasteiger partial charge in [-0.2, -0.15) is 0 Å². The molecule has 0 bridgehead atoms. The lowest BCUT2D eigenvalue weighted by atomic mass is 10.1. The number of nitrogens with zero attached hydrogens (tertiary/aromatic N) is 1. The molecule has 1 aliphatic heterocycles.